The molecule has 1 aliphatic heterocycles. The third kappa shape index (κ3) is 5.19. The van der Waals surface area contributed by atoms with E-state index < -0.39 is 0 Å². The molecule has 130 valence electrons. The number of nitrogens with one attached hydrogen (secondary N) is 2. The van der Waals surface area contributed by atoms with E-state index in [1.54, 1.807) is 0 Å². The fourth-order valence-corrected chi connectivity index (χ4v) is 3.08. The van der Waals surface area contributed by atoms with Gasteiger partial charge in [-0.25, -0.2) is 0 Å². The molecule has 1 saturated heterocycles. The summed E-state index contributed by atoms with van der Waals surface area (Å²) in [5, 5.41) is 7.36. The van der Waals surface area contributed by atoms with Crippen molar-refractivity contribution in [1.29, 1.82) is 0 Å². The monoisotopic (exact) mass is 448 g/mol. The SMILES string of the molecule is O=C(Nc1ccc(I)cc1)C(=NNc1ccccc1)N1CCCCC1. The second kappa shape index (κ2) is 8.84. The summed E-state index contributed by atoms with van der Waals surface area (Å²) in [4.78, 5) is 14.8. The Hall–Kier alpha value is -2.09. The molecule has 0 atom stereocenters. The highest BCUT2D eigenvalue weighted by Gasteiger charge is 2.22. The fourth-order valence-electron chi connectivity index (χ4n) is 2.72. The van der Waals surface area contributed by atoms with Gasteiger partial charge in [-0.3, -0.25) is 10.2 Å². The van der Waals surface area contributed by atoms with Crippen LogP contribution in [0.5, 0.6) is 0 Å². The van der Waals surface area contributed by atoms with E-state index in [2.05, 4.69) is 43.3 Å². The van der Waals surface area contributed by atoms with Gasteiger partial charge in [-0.1, -0.05) is 18.2 Å². The summed E-state index contributed by atoms with van der Waals surface area (Å²) in [6, 6.07) is 17.4. The third-order valence-corrected chi connectivity index (χ3v) is 4.74. The Labute approximate surface area is 161 Å². The summed E-state index contributed by atoms with van der Waals surface area (Å²) in [6.07, 6.45) is 3.37. The van der Waals surface area contributed by atoms with Crippen LogP contribution in [0.3, 0.4) is 0 Å². The first-order valence-electron chi connectivity index (χ1n) is 8.43. The minimum atomic E-state index is -0.188. The molecule has 0 aromatic heterocycles. The van der Waals surface area contributed by atoms with E-state index >= 15 is 0 Å². The fraction of sp³-hybridized carbons (Fsp3) is 0.263. The number of amidine groups is 1. The van der Waals surface area contributed by atoms with E-state index in [0.29, 0.717) is 5.84 Å². The van der Waals surface area contributed by atoms with Crippen LogP contribution in [0.15, 0.2) is 59.7 Å². The van der Waals surface area contributed by atoms with Crippen molar-refractivity contribution >= 4 is 45.7 Å². The van der Waals surface area contributed by atoms with Crippen LogP contribution in [-0.2, 0) is 4.79 Å². The molecule has 1 amide bonds. The molecule has 2 aromatic rings. The number of likely N-dealkylation sites (tertiary alicyclic amines) is 1. The molecule has 0 spiro atoms. The quantitative estimate of drug-likeness (QED) is 0.321. The Morgan fingerprint density at radius 3 is 2.28 bits per heavy atom. The van der Waals surface area contributed by atoms with Gasteiger partial charge in [0.15, 0.2) is 0 Å². The van der Waals surface area contributed by atoms with Crippen molar-refractivity contribution < 1.29 is 4.79 Å². The van der Waals surface area contributed by atoms with Gasteiger partial charge in [0.25, 0.3) is 5.91 Å². The molecule has 2 aromatic carbocycles. The first kappa shape index (κ1) is 17.7. The topological polar surface area (TPSA) is 56.7 Å². The number of carbonyl (C=O) groups is 1. The summed E-state index contributed by atoms with van der Waals surface area (Å²) >= 11 is 2.24. The standard InChI is InChI=1S/C19H21IN4O/c20-15-9-11-16(12-10-15)21-19(25)18(24-13-5-2-6-14-24)23-22-17-7-3-1-4-8-17/h1,3-4,7-12,22H,2,5-6,13-14H2,(H,21,25). The van der Waals surface area contributed by atoms with Crippen LogP contribution in [0.1, 0.15) is 19.3 Å². The van der Waals surface area contributed by atoms with Crippen LogP contribution in [-0.4, -0.2) is 29.7 Å². The Kier molecular flexibility index (Phi) is 6.27. The minimum Gasteiger partial charge on any atom is -0.351 e. The molecule has 0 aliphatic carbocycles. The molecule has 0 radical (unpaired) electrons. The van der Waals surface area contributed by atoms with Crippen LogP contribution in [0.25, 0.3) is 0 Å². The summed E-state index contributed by atoms with van der Waals surface area (Å²) in [5.74, 6) is 0.244. The number of carbonyl (C=O) groups excluding carboxylic acids is 1. The van der Waals surface area contributed by atoms with Gasteiger partial charge in [-0.2, -0.15) is 5.10 Å². The van der Waals surface area contributed by atoms with Crippen molar-refractivity contribution in [3.05, 3.63) is 58.2 Å². The van der Waals surface area contributed by atoms with E-state index in [1.165, 1.54) is 6.42 Å². The van der Waals surface area contributed by atoms with Crippen molar-refractivity contribution in [2.24, 2.45) is 5.10 Å². The first-order chi connectivity index (χ1) is 12.2. The van der Waals surface area contributed by atoms with Crippen LogP contribution >= 0.6 is 22.6 Å². The van der Waals surface area contributed by atoms with E-state index in [0.717, 1.165) is 40.9 Å². The van der Waals surface area contributed by atoms with E-state index in [9.17, 15) is 4.79 Å². The predicted molar refractivity (Wildman–Crippen MR) is 111 cm³/mol. The number of piperidine rings is 1. The number of halogens is 1. The number of anilines is 2. The Bertz CT molecular complexity index is 725. The number of hydrogen-bond donors (Lipinski definition) is 2. The average Bonchev–Trinajstić information content (AvgIpc) is 2.65. The molecule has 25 heavy (non-hydrogen) atoms. The smallest absolute Gasteiger partial charge is 0.293 e. The lowest BCUT2D eigenvalue weighted by Gasteiger charge is -2.28. The summed E-state index contributed by atoms with van der Waals surface area (Å²) in [6.45, 7) is 1.71. The zero-order valence-corrected chi connectivity index (χ0v) is 16.1. The highest BCUT2D eigenvalue weighted by Crippen LogP contribution is 2.14. The van der Waals surface area contributed by atoms with Crippen molar-refractivity contribution in [3.8, 4) is 0 Å². The van der Waals surface area contributed by atoms with Crippen LogP contribution < -0.4 is 10.7 Å². The van der Waals surface area contributed by atoms with Gasteiger partial charge < -0.3 is 10.2 Å². The molecule has 3 rings (SSSR count). The highest BCUT2D eigenvalue weighted by atomic mass is 127. The van der Waals surface area contributed by atoms with Gasteiger partial charge in [0.1, 0.15) is 0 Å². The zero-order valence-electron chi connectivity index (χ0n) is 13.9. The van der Waals surface area contributed by atoms with Gasteiger partial charge in [0.2, 0.25) is 5.84 Å². The van der Waals surface area contributed by atoms with Crippen molar-refractivity contribution in [2.75, 3.05) is 23.8 Å². The first-order valence-corrected chi connectivity index (χ1v) is 9.51. The van der Waals surface area contributed by atoms with Crippen LogP contribution in [0.2, 0.25) is 0 Å². The molecule has 1 aliphatic rings. The second-order valence-corrected chi connectivity index (χ2v) is 7.17. The normalized spacial score (nSPS) is 14.9. The predicted octanol–water partition coefficient (Wildman–Crippen LogP) is 4.14. The molecule has 1 heterocycles. The number of para-hydroxylation sites is 1. The molecule has 0 unspecified atom stereocenters. The molecule has 0 bridgehead atoms. The molecule has 1 fully saturated rings. The van der Waals surface area contributed by atoms with Crippen LogP contribution in [0.4, 0.5) is 11.4 Å². The van der Waals surface area contributed by atoms with Crippen molar-refractivity contribution in [3.63, 3.8) is 0 Å². The van der Waals surface area contributed by atoms with Crippen molar-refractivity contribution in [2.45, 2.75) is 19.3 Å². The number of hydrogen-bond acceptors (Lipinski definition) is 3. The Morgan fingerprint density at radius 1 is 0.920 bits per heavy atom. The van der Waals surface area contributed by atoms with Crippen molar-refractivity contribution in [1.82, 2.24) is 4.90 Å². The van der Waals surface area contributed by atoms with Gasteiger partial charge in [-0.15, -0.1) is 0 Å². The number of amides is 1. The average molecular weight is 448 g/mol. The Balaban J connectivity index is 1.76. The maximum absolute atomic E-state index is 12.8. The van der Waals surface area contributed by atoms with Crippen LogP contribution in [0, 0.1) is 3.57 Å². The zero-order chi connectivity index (χ0) is 17.5. The second-order valence-electron chi connectivity index (χ2n) is 5.92. The number of hydrazone groups is 1. The molecule has 2 N–H and O–H groups in total. The lowest BCUT2D eigenvalue weighted by molar-refractivity contribution is -0.111. The van der Waals surface area contributed by atoms with Gasteiger partial charge in [0.05, 0.1) is 5.69 Å². The Morgan fingerprint density at radius 2 is 1.60 bits per heavy atom. The van der Waals surface area contributed by atoms with E-state index in [-0.39, 0.29) is 5.91 Å². The summed E-state index contributed by atoms with van der Waals surface area (Å²) in [7, 11) is 0. The molecular formula is C19H21IN4O. The van der Waals surface area contributed by atoms with Gasteiger partial charge in [0, 0.05) is 22.3 Å². The van der Waals surface area contributed by atoms with E-state index in [4.69, 9.17) is 0 Å². The van der Waals surface area contributed by atoms with Gasteiger partial charge in [-0.05, 0) is 78.3 Å². The number of rotatable bonds is 3. The lowest BCUT2D eigenvalue weighted by Crippen LogP contribution is -2.43. The van der Waals surface area contributed by atoms with E-state index in [1.807, 2.05) is 54.6 Å². The summed E-state index contributed by atoms with van der Waals surface area (Å²) in [5.41, 5.74) is 4.64. The van der Waals surface area contributed by atoms with Gasteiger partial charge >= 0.3 is 0 Å². The maximum atomic E-state index is 12.8. The molecule has 5 nitrogen and oxygen atoms in total. The molecular weight excluding hydrogens is 427 g/mol. The maximum Gasteiger partial charge on any atom is 0.293 e. The molecule has 6 heteroatoms. The number of nitrogens with zero attached hydrogens (tertiary/aromatic N) is 2. The summed E-state index contributed by atoms with van der Waals surface area (Å²) < 4.78 is 1.13. The number of benzene rings is 2. The molecule has 0 saturated carbocycles. The third-order valence-electron chi connectivity index (χ3n) is 4.03. The minimum absolute atomic E-state index is 0.188. The largest absolute Gasteiger partial charge is 0.351 e. The lowest BCUT2D eigenvalue weighted by atomic mass is 10.1. The highest BCUT2D eigenvalue weighted by molar-refractivity contribution is 14.1.